The number of hydrogen-bond donors (Lipinski definition) is 1. The van der Waals surface area contributed by atoms with E-state index in [1.165, 1.54) is 0 Å². The molecule has 1 aromatic rings. The number of rotatable bonds is 6. The molecule has 0 amide bonds. The Morgan fingerprint density at radius 3 is 2.47 bits per heavy atom. The molecule has 1 atom stereocenters. The third-order valence-electron chi connectivity index (χ3n) is 1.86. The summed E-state index contributed by atoms with van der Waals surface area (Å²) in [6.07, 6.45) is -0.794. The minimum atomic E-state index is -0.794. The van der Waals surface area contributed by atoms with Crippen LogP contribution in [0, 0.1) is 0 Å². The first-order valence-electron chi connectivity index (χ1n) is 4.72. The molecule has 0 aliphatic carbocycles. The lowest BCUT2D eigenvalue weighted by Crippen LogP contribution is -2.20. The molecule has 0 fully saturated rings. The van der Waals surface area contributed by atoms with Crippen molar-refractivity contribution in [1.29, 1.82) is 0 Å². The molecule has 0 aromatic heterocycles. The van der Waals surface area contributed by atoms with Crippen LogP contribution in [0.4, 0.5) is 0 Å². The van der Waals surface area contributed by atoms with Crippen molar-refractivity contribution in [2.45, 2.75) is 13.5 Å². The summed E-state index contributed by atoms with van der Waals surface area (Å²) in [5, 5.41) is 12.6. The molecule has 1 rings (SSSR count). The van der Waals surface area contributed by atoms with Crippen LogP contribution in [0.5, 0.6) is 11.5 Å². The summed E-state index contributed by atoms with van der Waals surface area (Å²) in [7, 11) is 1.58. The average Bonchev–Trinajstić information content (AvgIpc) is 2.34. The molecule has 0 spiro atoms. The van der Waals surface area contributed by atoms with Crippen LogP contribution in [0.25, 0.3) is 10.4 Å². The number of methoxy groups -OCH3 is 1. The largest absolute Gasteiger partial charge is 0.497 e. The molecule has 1 aromatic carbocycles. The molecule has 1 N–H and O–H groups in total. The van der Waals surface area contributed by atoms with Crippen LogP contribution >= 0.6 is 0 Å². The minimum Gasteiger partial charge on any atom is -0.497 e. The Kier molecular flexibility index (Phi) is 7.34. The lowest BCUT2D eigenvalue weighted by atomic mass is 10.3. The molecule has 1 unspecified atom stereocenters. The third kappa shape index (κ3) is 5.65. The molecule has 0 heterocycles. The first kappa shape index (κ1) is 15.1. The first-order chi connectivity index (χ1) is 7.76. The number of hydrogen-bond acceptors (Lipinski definition) is 4. The molecular formula is C11H17N3O3. The lowest BCUT2D eigenvalue weighted by molar-refractivity contribution is 0.114. The van der Waals surface area contributed by atoms with Crippen molar-refractivity contribution in [1.82, 2.24) is 0 Å². The van der Waals surface area contributed by atoms with E-state index < -0.39 is 6.10 Å². The van der Waals surface area contributed by atoms with E-state index >= 15 is 0 Å². The molecule has 0 bridgehead atoms. The Morgan fingerprint density at radius 2 is 1.94 bits per heavy atom. The first-order valence-corrected chi connectivity index (χ1v) is 4.72. The van der Waals surface area contributed by atoms with Gasteiger partial charge in [-0.2, -0.15) is 0 Å². The van der Waals surface area contributed by atoms with Crippen LogP contribution in [-0.2, 0) is 0 Å². The fourth-order valence-electron chi connectivity index (χ4n) is 1.05. The van der Waals surface area contributed by atoms with Crippen LogP contribution in [0.2, 0.25) is 0 Å². The highest BCUT2D eigenvalue weighted by molar-refractivity contribution is 5.31. The number of nitrogens with zero attached hydrogens (tertiary/aromatic N) is 3. The number of azide groups is 1. The Balaban J connectivity index is 0.00000256. The fraction of sp³-hybridized carbons (Fsp3) is 0.455. The predicted octanol–water partition coefficient (Wildman–Crippen LogP) is 2.38. The highest BCUT2D eigenvalue weighted by Gasteiger charge is 2.03. The highest BCUT2D eigenvalue weighted by atomic mass is 16.5. The van der Waals surface area contributed by atoms with Gasteiger partial charge in [0, 0.05) is 4.91 Å². The Hall–Kier alpha value is -1.91. The minimum absolute atomic E-state index is 0. The van der Waals surface area contributed by atoms with Gasteiger partial charge in [-0.15, -0.1) is 0 Å². The van der Waals surface area contributed by atoms with Gasteiger partial charge in [-0.05, 0) is 29.8 Å². The van der Waals surface area contributed by atoms with Crippen molar-refractivity contribution in [2.75, 3.05) is 20.3 Å². The predicted molar refractivity (Wildman–Crippen MR) is 65.2 cm³/mol. The summed E-state index contributed by atoms with van der Waals surface area (Å²) in [5.74, 6) is 1.36. The molecule has 0 aliphatic rings. The maximum atomic E-state index is 9.33. The Morgan fingerprint density at radius 1 is 1.35 bits per heavy atom. The zero-order valence-electron chi connectivity index (χ0n) is 8.91. The summed E-state index contributed by atoms with van der Waals surface area (Å²) in [4.78, 5) is 2.55. The quantitative estimate of drug-likeness (QED) is 0.469. The van der Waals surface area contributed by atoms with Gasteiger partial charge in [-0.25, -0.2) is 0 Å². The molecule has 0 radical (unpaired) electrons. The maximum absolute atomic E-state index is 9.33. The number of aliphatic hydroxyl groups is 1. The van der Waals surface area contributed by atoms with Crippen molar-refractivity contribution < 1.29 is 14.6 Å². The SMILES string of the molecule is C.COc1ccc(OCC(O)CN=[N+]=[N-])cc1. The van der Waals surface area contributed by atoms with Gasteiger partial charge < -0.3 is 14.6 Å². The van der Waals surface area contributed by atoms with Crippen molar-refractivity contribution in [2.24, 2.45) is 5.11 Å². The van der Waals surface area contributed by atoms with Gasteiger partial charge in [0.25, 0.3) is 0 Å². The molecule has 0 saturated carbocycles. The molecule has 6 heteroatoms. The molecule has 0 saturated heterocycles. The van der Waals surface area contributed by atoms with Gasteiger partial charge in [-0.3, -0.25) is 0 Å². The Labute approximate surface area is 100 Å². The summed E-state index contributed by atoms with van der Waals surface area (Å²) in [6.45, 7) is 0.0952. The van der Waals surface area contributed by atoms with E-state index in [1.54, 1.807) is 31.4 Å². The number of benzene rings is 1. The monoisotopic (exact) mass is 239 g/mol. The summed E-state index contributed by atoms with van der Waals surface area (Å²) in [6, 6.07) is 6.99. The number of aliphatic hydroxyl groups excluding tert-OH is 1. The second kappa shape index (κ2) is 8.27. The number of ether oxygens (including phenoxy) is 2. The van der Waals surface area contributed by atoms with Crippen molar-refractivity contribution in [3.63, 3.8) is 0 Å². The van der Waals surface area contributed by atoms with Gasteiger partial charge in [0.1, 0.15) is 18.1 Å². The summed E-state index contributed by atoms with van der Waals surface area (Å²) >= 11 is 0. The van der Waals surface area contributed by atoms with Crippen LogP contribution in [0.3, 0.4) is 0 Å². The standard InChI is InChI=1S/C10H13N3O3.CH4/c1-15-9-2-4-10(5-3-9)16-7-8(14)6-12-13-11;/h2-5,8,14H,6-7H2,1H3;1H4. The van der Waals surface area contributed by atoms with Crippen LogP contribution in [-0.4, -0.2) is 31.5 Å². The van der Waals surface area contributed by atoms with E-state index in [-0.39, 0.29) is 20.6 Å². The van der Waals surface area contributed by atoms with E-state index in [1.807, 2.05) is 0 Å². The molecule has 17 heavy (non-hydrogen) atoms. The molecule has 6 nitrogen and oxygen atoms in total. The third-order valence-corrected chi connectivity index (χ3v) is 1.86. The molecular weight excluding hydrogens is 222 g/mol. The summed E-state index contributed by atoms with van der Waals surface area (Å²) in [5.41, 5.74) is 8.05. The maximum Gasteiger partial charge on any atom is 0.119 e. The molecule has 94 valence electrons. The van der Waals surface area contributed by atoms with Gasteiger partial charge in [-0.1, -0.05) is 12.5 Å². The van der Waals surface area contributed by atoms with Crippen LogP contribution in [0.1, 0.15) is 7.43 Å². The van der Waals surface area contributed by atoms with Crippen molar-refractivity contribution >= 4 is 0 Å². The van der Waals surface area contributed by atoms with Crippen LogP contribution in [0.15, 0.2) is 29.4 Å². The zero-order chi connectivity index (χ0) is 11.8. The van der Waals surface area contributed by atoms with Gasteiger partial charge in [0.15, 0.2) is 0 Å². The lowest BCUT2D eigenvalue weighted by Gasteiger charge is -2.10. The average molecular weight is 239 g/mol. The van der Waals surface area contributed by atoms with E-state index in [2.05, 4.69) is 10.0 Å². The Bertz CT molecular complexity index is 361. The van der Waals surface area contributed by atoms with Crippen molar-refractivity contribution in [3.8, 4) is 11.5 Å². The van der Waals surface area contributed by atoms with Crippen LogP contribution < -0.4 is 9.47 Å². The van der Waals surface area contributed by atoms with E-state index in [0.29, 0.717) is 5.75 Å². The smallest absolute Gasteiger partial charge is 0.119 e. The van der Waals surface area contributed by atoms with Gasteiger partial charge >= 0.3 is 0 Å². The normalized spacial score (nSPS) is 10.7. The van der Waals surface area contributed by atoms with Gasteiger partial charge in [0.05, 0.1) is 19.8 Å². The van der Waals surface area contributed by atoms with E-state index in [0.717, 1.165) is 5.75 Å². The zero-order valence-corrected chi connectivity index (χ0v) is 8.91. The van der Waals surface area contributed by atoms with E-state index in [4.69, 9.17) is 15.0 Å². The second-order valence-electron chi connectivity index (χ2n) is 3.05. The topological polar surface area (TPSA) is 87.5 Å². The fourth-order valence-corrected chi connectivity index (χ4v) is 1.05. The van der Waals surface area contributed by atoms with Crippen molar-refractivity contribution in [3.05, 3.63) is 34.7 Å². The van der Waals surface area contributed by atoms with Gasteiger partial charge in [0.2, 0.25) is 0 Å². The second-order valence-corrected chi connectivity index (χ2v) is 3.05. The van der Waals surface area contributed by atoms with E-state index in [9.17, 15) is 5.11 Å². The molecule has 0 aliphatic heterocycles. The summed E-state index contributed by atoms with van der Waals surface area (Å²) < 4.78 is 10.3. The highest BCUT2D eigenvalue weighted by Crippen LogP contribution is 2.16.